The summed E-state index contributed by atoms with van der Waals surface area (Å²) >= 11 is 0. The maximum Gasteiger partial charge on any atom is 0.270 e. The van der Waals surface area contributed by atoms with E-state index >= 15 is 0 Å². The highest BCUT2D eigenvalue weighted by atomic mass is 32.2. The zero-order valence-electron chi connectivity index (χ0n) is 42.3. The minimum Gasteiger partial charge on any atom is -0.506 e. The Bertz CT molecular complexity index is 3750. The lowest BCUT2D eigenvalue weighted by Crippen LogP contribution is -2.25. The third-order valence-corrected chi connectivity index (χ3v) is 17.2. The summed E-state index contributed by atoms with van der Waals surface area (Å²) in [5.41, 5.74) is 1.20. The molecule has 0 bridgehead atoms. The van der Waals surface area contributed by atoms with Crippen LogP contribution in [0.15, 0.2) is 146 Å². The summed E-state index contributed by atoms with van der Waals surface area (Å²) in [6.45, 7) is 13.8. The average Bonchev–Trinajstić information content (AvgIpc) is 3.37. The Hall–Kier alpha value is -7.62. The molecule has 0 spiro atoms. The number of ether oxygens (including phenoxy) is 1. The number of anilines is 2. The zero-order valence-corrected chi connectivity index (χ0v) is 44.8. The van der Waals surface area contributed by atoms with Gasteiger partial charge in [0.05, 0.1) is 38.3 Å². The van der Waals surface area contributed by atoms with Crippen LogP contribution in [0.2, 0.25) is 0 Å². The van der Waals surface area contributed by atoms with Crippen LogP contribution in [0.4, 0.5) is 28.4 Å². The number of benzene rings is 7. The summed E-state index contributed by atoms with van der Waals surface area (Å²) in [6.07, 6.45) is 3.92. The number of nitrogens with one attached hydrogen (secondary N) is 3. The Morgan fingerprint density at radius 2 is 1.24 bits per heavy atom. The molecule has 7 rings (SSSR count). The first-order chi connectivity index (χ1) is 35.3. The Morgan fingerprint density at radius 1 is 0.653 bits per heavy atom. The molecular weight excluding hydrogens is 1020 g/mol. The van der Waals surface area contributed by atoms with Gasteiger partial charge in [0.1, 0.15) is 27.8 Å². The van der Waals surface area contributed by atoms with Crippen LogP contribution in [0, 0.1) is 10.1 Å². The van der Waals surface area contributed by atoms with Crippen molar-refractivity contribution in [2.75, 3.05) is 28.9 Å². The van der Waals surface area contributed by atoms with Crippen LogP contribution in [-0.2, 0) is 40.7 Å². The van der Waals surface area contributed by atoms with Crippen LogP contribution in [0.1, 0.15) is 88.7 Å². The first-order valence-electron chi connectivity index (χ1n) is 23.9. The van der Waals surface area contributed by atoms with Gasteiger partial charge in [-0.1, -0.05) is 96.1 Å². The number of nitrogens with zero attached hydrogens (tertiary/aromatic N) is 3. The van der Waals surface area contributed by atoms with Crippen LogP contribution < -0.4 is 19.5 Å². The van der Waals surface area contributed by atoms with Crippen LogP contribution in [-0.4, -0.2) is 65.7 Å². The van der Waals surface area contributed by atoms with Gasteiger partial charge in [-0.3, -0.25) is 24.4 Å². The standard InChI is InChI=1S/C54H58N6O12S3/c1-8-53(3,4)34-22-27-48(43(30-34)54(5,6)9-2)72-29-13-12-28-55-52(63)42-33-47(38-18-10-11-19-40(38)50(42)61)59-75(70,71)37-17-14-16-36(32-37)74(68,69)58-44-21-15-20-41-39(44)24-26-46(51(41)62)57-56-45-25-23-35(60(64)65)31-49(45)73(7,66)67/h10-11,14-27,30-33,58-59,61-62H,8-9,12-13,28-29H2,1-7H3,(H,55,63). The van der Waals surface area contributed by atoms with E-state index in [9.17, 15) is 50.4 Å². The number of carbonyl (C=O) groups excluding carboxylic acids is 1. The Morgan fingerprint density at radius 3 is 1.89 bits per heavy atom. The third kappa shape index (κ3) is 12.2. The number of hydrogen-bond donors (Lipinski definition) is 5. The van der Waals surface area contributed by atoms with E-state index in [0.717, 1.165) is 54.7 Å². The predicted molar refractivity (Wildman–Crippen MR) is 290 cm³/mol. The summed E-state index contributed by atoms with van der Waals surface area (Å²) in [7, 11) is -13.1. The lowest BCUT2D eigenvalue weighted by atomic mass is 9.76. The lowest BCUT2D eigenvalue weighted by Gasteiger charge is -2.30. The van der Waals surface area contributed by atoms with Gasteiger partial charge >= 0.3 is 0 Å². The number of amides is 1. The number of nitro benzene ring substituents is 1. The molecule has 0 atom stereocenters. The molecule has 394 valence electrons. The van der Waals surface area contributed by atoms with Crippen molar-refractivity contribution in [2.45, 2.75) is 92.7 Å². The summed E-state index contributed by atoms with van der Waals surface area (Å²) in [6, 6.07) is 28.6. The number of rotatable bonds is 21. The van der Waals surface area contributed by atoms with Crippen molar-refractivity contribution < 1.29 is 49.9 Å². The first kappa shape index (κ1) is 55.1. The van der Waals surface area contributed by atoms with Crippen molar-refractivity contribution in [1.82, 2.24) is 5.32 Å². The monoisotopic (exact) mass is 1080 g/mol. The van der Waals surface area contributed by atoms with Crippen molar-refractivity contribution in [1.29, 1.82) is 0 Å². The molecule has 0 aromatic heterocycles. The molecule has 0 aliphatic heterocycles. The minimum atomic E-state index is -4.56. The van der Waals surface area contributed by atoms with Crippen LogP contribution >= 0.6 is 0 Å². The molecule has 0 fully saturated rings. The number of nitro groups is 1. The molecule has 21 heteroatoms. The number of phenols is 2. The van der Waals surface area contributed by atoms with Gasteiger partial charge in [-0.25, -0.2) is 25.3 Å². The molecule has 0 radical (unpaired) electrons. The van der Waals surface area contributed by atoms with Gasteiger partial charge in [-0.05, 0) is 96.7 Å². The smallest absolute Gasteiger partial charge is 0.270 e. The van der Waals surface area contributed by atoms with Crippen LogP contribution in [0.5, 0.6) is 17.2 Å². The number of phenolic OH excluding ortho intramolecular Hbond substituents is 2. The summed E-state index contributed by atoms with van der Waals surface area (Å²) in [5.74, 6) is -0.638. The number of non-ortho nitro benzene ring substituents is 1. The third-order valence-electron chi connectivity index (χ3n) is 13.4. The second kappa shape index (κ2) is 21.7. The van der Waals surface area contributed by atoms with E-state index < -0.39 is 66.8 Å². The maximum absolute atomic E-state index is 14.1. The van der Waals surface area contributed by atoms with E-state index in [1.807, 2.05) is 6.07 Å². The highest BCUT2D eigenvalue weighted by Crippen LogP contribution is 2.42. The molecule has 7 aromatic rings. The lowest BCUT2D eigenvalue weighted by molar-refractivity contribution is -0.385. The van der Waals surface area contributed by atoms with Gasteiger partial charge < -0.3 is 20.3 Å². The zero-order chi connectivity index (χ0) is 54.7. The molecule has 5 N–H and O–H groups in total. The highest BCUT2D eigenvalue weighted by Gasteiger charge is 2.28. The predicted octanol–water partition coefficient (Wildman–Crippen LogP) is 11.7. The largest absolute Gasteiger partial charge is 0.506 e. The van der Waals surface area contributed by atoms with Crippen molar-refractivity contribution in [3.63, 3.8) is 0 Å². The Balaban J connectivity index is 1.05. The topological polar surface area (TPSA) is 273 Å². The van der Waals surface area contributed by atoms with Gasteiger partial charge in [0.2, 0.25) is 0 Å². The van der Waals surface area contributed by atoms with Crippen LogP contribution in [0.3, 0.4) is 0 Å². The normalized spacial score (nSPS) is 12.5. The van der Waals surface area contributed by atoms with Gasteiger partial charge in [0, 0.05) is 52.0 Å². The number of carbonyl (C=O) groups is 1. The van der Waals surface area contributed by atoms with Crippen molar-refractivity contribution in [2.24, 2.45) is 10.2 Å². The van der Waals surface area contributed by atoms with Gasteiger partial charge in [-0.15, -0.1) is 10.2 Å². The number of sulfonamides is 2. The second-order valence-corrected chi connectivity index (χ2v) is 24.6. The fraction of sp³-hybridized carbons (Fsp3) is 0.278. The van der Waals surface area contributed by atoms with E-state index in [1.54, 1.807) is 18.2 Å². The minimum absolute atomic E-state index is 0.00972. The van der Waals surface area contributed by atoms with Crippen molar-refractivity contribution in [3.05, 3.63) is 148 Å². The number of unbranched alkanes of at least 4 members (excludes halogenated alkanes) is 1. The Labute approximate surface area is 436 Å². The molecule has 1 amide bonds. The molecular formula is C54H58N6O12S3. The van der Waals surface area contributed by atoms with Gasteiger partial charge in [0.25, 0.3) is 31.6 Å². The van der Waals surface area contributed by atoms with E-state index in [2.05, 4.69) is 78.7 Å². The average molecular weight is 1080 g/mol. The van der Waals surface area contributed by atoms with Gasteiger partial charge in [-0.2, -0.15) is 0 Å². The van der Waals surface area contributed by atoms with E-state index in [1.165, 1.54) is 66.2 Å². The molecule has 0 aliphatic carbocycles. The molecule has 0 saturated heterocycles. The molecule has 0 unspecified atom stereocenters. The first-order valence-corrected chi connectivity index (χ1v) is 28.7. The number of aromatic hydroxyl groups is 2. The highest BCUT2D eigenvalue weighted by molar-refractivity contribution is 7.93. The van der Waals surface area contributed by atoms with Crippen LogP contribution in [0.25, 0.3) is 21.5 Å². The second-order valence-electron chi connectivity index (χ2n) is 19.3. The molecule has 18 nitrogen and oxygen atoms in total. The van der Waals surface area contributed by atoms with Crippen molar-refractivity contribution >= 4 is 85.8 Å². The molecule has 75 heavy (non-hydrogen) atoms. The summed E-state index contributed by atoms with van der Waals surface area (Å²) < 4.78 is 92.1. The summed E-state index contributed by atoms with van der Waals surface area (Å²) in [4.78, 5) is 22.8. The quantitative estimate of drug-likeness (QED) is 0.0148. The molecule has 0 heterocycles. The fourth-order valence-electron chi connectivity index (χ4n) is 8.14. The number of fused-ring (bicyclic) bond motifs is 2. The van der Waals surface area contributed by atoms with E-state index in [-0.39, 0.29) is 73.0 Å². The van der Waals surface area contributed by atoms with Crippen molar-refractivity contribution in [3.8, 4) is 17.2 Å². The fourth-order valence-corrected chi connectivity index (χ4v) is 11.3. The summed E-state index contributed by atoms with van der Waals surface area (Å²) in [5, 5.41) is 45.2. The van der Waals surface area contributed by atoms with E-state index in [4.69, 9.17) is 4.74 Å². The molecule has 0 saturated carbocycles. The molecule has 7 aromatic carbocycles. The SMILES string of the molecule is CCC(C)(C)c1ccc(OCCCCNC(=O)c2cc(NS(=O)(=O)c3cccc(S(=O)(=O)Nc4cccc5c(O)c(N=Nc6ccc([N+](=O)[O-])cc6S(C)(=O)=O)ccc45)c3)c3ccccc3c2O)c(C(C)(C)CC)c1. The maximum atomic E-state index is 14.1. The number of sulfone groups is 1. The van der Waals surface area contributed by atoms with Gasteiger partial charge in [0.15, 0.2) is 15.6 Å². The van der Waals surface area contributed by atoms with E-state index in [0.29, 0.717) is 19.4 Å². The Kier molecular flexibility index (Phi) is 15.9. The number of azo groups is 1. The molecule has 0 aliphatic rings. The number of hydrogen-bond acceptors (Lipinski definition) is 14.